The van der Waals surface area contributed by atoms with Crippen LogP contribution in [0, 0.1) is 0 Å². The quantitative estimate of drug-likeness (QED) is 0.530. The third-order valence-electron chi connectivity index (χ3n) is 4.35. The van der Waals surface area contributed by atoms with Gasteiger partial charge in [0.15, 0.2) is 5.43 Å². The predicted octanol–water partition coefficient (Wildman–Crippen LogP) is 4.21. The second kappa shape index (κ2) is 5.85. The molecule has 0 bridgehead atoms. The first-order valence-corrected chi connectivity index (χ1v) is 7.91. The van der Waals surface area contributed by atoms with Gasteiger partial charge < -0.3 is 9.30 Å². The van der Waals surface area contributed by atoms with Crippen LogP contribution in [0.4, 0.5) is 0 Å². The van der Waals surface area contributed by atoms with Crippen LogP contribution in [0.3, 0.4) is 0 Å². The Morgan fingerprint density at radius 3 is 2.08 bits per heavy atom. The van der Waals surface area contributed by atoms with E-state index >= 15 is 0 Å². The zero-order chi connectivity index (χ0) is 16.5. The highest BCUT2D eigenvalue weighted by Crippen LogP contribution is 2.22. The van der Waals surface area contributed by atoms with Crippen LogP contribution in [0.2, 0.25) is 0 Å². The highest BCUT2D eigenvalue weighted by Gasteiger charge is 2.10. The van der Waals surface area contributed by atoms with E-state index in [0.717, 1.165) is 33.1 Å². The van der Waals surface area contributed by atoms with Crippen molar-refractivity contribution in [1.82, 2.24) is 4.57 Å². The van der Waals surface area contributed by atoms with Gasteiger partial charge in [0.25, 0.3) is 0 Å². The second-order valence-electron chi connectivity index (χ2n) is 5.80. The zero-order valence-electron chi connectivity index (χ0n) is 13.4. The lowest BCUT2D eigenvalue weighted by atomic mass is 10.1. The van der Waals surface area contributed by atoms with Crippen molar-refractivity contribution in [2.75, 3.05) is 7.11 Å². The Bertz CT molecular complexity index is 1040. The van der Waals surface area contributed by atoms with Gasteiger partial charge >= 0.3 is 0 Å². The molecule has 1 heterocycles. The van der Waals surface area contributed by atoms with Crippen molar-refractivity contribution in [2.24, 2.45) is 0 Å². The predicted molar refractivity (Wildman–Crippen MR) is 97.8 cm³/mol. The summed E-state index contributed by atoms with van der Waals surface area (Å²) in [5, 5.41) is 1.50. The maximum atomic E-state index is 12.8. The first-order valence-electron chi connectivity index (χ1n) is 7.91. The molecule has 0 radical (unpaired) electrons. The van der Waals surface area contributed by atoms with Crippen molar-refractivity contribution in [2.45, 2.75) is 6.54 Å². The summed E-state index contributed by atoms with van der Waals surface area (Å²) in [6.07, 6.45) is 0. The molecule has 3 heteroatoms. The van der Waals surface area contributed by atoms with Crippen molar-refractivity contribution in [3.8, 4) is 5.75 Å². The van der Waals surface area contributed by atoms with Gasteiger partial charge in [-0.2, -0.15) is 0 Å². The first-order chi connectivity index (χ1) is 11.8. The molecule has 4 aromatic rings. The van der Waals surface area contributed by atoms with Gasteiger partial charge in [0, 0.05) is 17.3 Å². The number of para-hydroxylation sites is 2. The van der Waals surface area contributed by atoms with Gasteiger partial charge in [0.1, 0.15) is 5.75 Å². The van der Waals surface area contributed by atoms with E-state index in [2.05, 4.69) is 10.6 Å². The molecule has 0 amide bonds. The van der Waals surface area contributed by atoms with E-state index in [1.54, 1.807) is 7.11 Å². The van der Waals surface area contributed by atoms with Crippen molar-refractivity contribution in [1.29, 1.82) is 0 Å². The summed E-state index contributed by atoms with van der Waals surface area (Å²) in [6, 6.07) is 23.6. The molecule has 118 valence electrons. The van der Waals surface area contributed by atoms with Gasteiger partial charge in [-0.05, 0) is 42.0 Å². The van der Waals surface area contributed by atoms with E-state index in [4.69, 9.17) is 4.74 Å². The summed E-state index contributed by atoms with van der Waals surface area (Å²) < 4.78 is 7.52. The zero-order valence-corrected chi connectivity index (χ0v) is 13.4. The molecule has 4 rings (SSSR count). The summed E-state index contributed by atoms with van der Waals surface area (Å²) in [5.41, 5.74) is 3.12. The average Bonchev–Trinajstić information content (AvgIpc) is 2.65. The van der Waals surface area contributed by atoms with Crippen LogP contribution in [0.25, 0.3) is 21.8 Å². The van der Waals surface area contributed by atoms with Crippen LogP contribution < -0.4 is 10.2 Å². The van der Waals surface area contributed by atoms with Crippen molar-refractivity contribution >= 4 is 21.8 Å². The lowest BCUT2D eigenvalue weighted by Crippen LogP contribution is -2.12. The highest BCUT2D eigenvalue weighted by atomic mass is 16.5. The summed E-state index contributed by atoms with van der Waals surface area (Å²) in [5.74, 6) is 0.835. The average molecular weight is 315 g/mol. The molecule has 0 aliphatic heterocycles. The van der Waals surface area contributed by atoms with E-state index < -0.39 is 0 Å². The van der Waals surface area contributed by atoms with Crippen molar-refractivity contribution in [3.63, 3.8) is 0 Å². The number of benzene rings is 3. The molecule has 24 heavy (non-hydrogen) atoms. The van der Waals surface area contributed by atoms with Gasteiger partial charge in [-0.1, -0.05) is 36.4 Å². The van der Waals surface area contributed by atoms with Gasteiger partial charge in [0.2, 0.25) is 0 Å². The fourth-order valence-corrected chi connectivity index (χ4v) is 3.20. The minimum atomic E-state index is 0.0862. The van der Waals surface area contributed by atoms with Gasteiger partial charge in [-0.3, -0.25) is 4.79 Å². The number of hydrogen-bond donors (Lipinski definition) is 0. The van der Waals surface area contributed by atoms with Gasteiger partial charge in [0.05, 0.1) is 18.1 Å². The summed E-state index contributed by atoms with van der Waals surface area (Å²) >= 11 is 0. The minimum absolute atomic E-state index is 0.0862. The second-order valence-corrected chi connectivity index (χ2v) is 5.80. The normalized spacial score (nSPS) is 11.0. The van der Waals surface area contributed by atoms with Crippen LogP contribution in [0.15, 0.2) is 77.6 Å². The third-order valence-corrected chi connectivity index (χ3v) is 4.35. The fourth-order valence-electron chi connectivity index (χ4n) is 3.20. The highest BCUT2D eigenvalue weighted by molar-refractivity contribution is 5.93. The summed E-state index contributed by atoms with van der Waals surface area (Å²) in [4.78, 5) is 12.8. The van der Waals surface area contributed by atoms with Crippen LogP contribution in [0.5, 0.6) is 5.75 Å². The molecule has 0 fully saturated rings. The molecule has 0 aliphatic rings. The Morgan fingerprint density at radius 1 is 0.833 bits per heavy atom. The van der Waals surface area contributed by atoms with E-state index in [-0.39, 0.29) is 5.43 Å². The van der Waals surface area contributed by atoms with Crippen molar-refractivity contribution in [3.05, 3.63) is 88.6 Å². The van der Waals surface area contributed by atoms with Crippen molar-refractivity contribution < 1.29 is 4.74 Å². The monoisotopic (exact) mass is 315 g/mol. The molecule has 0 N–H and O–H groups in total. The lowest BCUT2D eigenvalue weighted by Gasteiger charge is -2.15. The standard InChI is InChI=1S/C21H17NO2/c1-24-16-8-6-7-15(13-16)14-22-19-11-4-2-9-17(19)21(23)18-10-3-5-12-20(18)22/h2-13H,14H2,1H3. The van der Waals surface area contributed by atoms with Crippen LogP contribution in [-0.4, -0.2) is 11.7 Å². The summed E-state index contributed by atoms with van der Waals surface area (Å²) in [7, 11) is 1.67. The number of ether oxygens (including phenoxy) is 1. The first kappa shape index (κ1) is 14.5. The number of rotatable bonds is 3. The Balaban J connectivity index is 2.01. The minimum Gasteiger partial charge on any atom is -0.497 e. The molecule has 1 aromatic heterocycles. The van der Waals surface area contributed by atoms with Gasteiger partial charge in [-0.15, -0.1) is 0 Å². The number of pyridine rings is 1. The summed E-state index contributed by atoms with van der Waals surface area (Å²) in [6.45, 7) is 0.679. The number of aromatic nitrogens is 1. The van der Waals surface area contributed by atoms with E-state index in [1.165, 1.54) is 0 Å². The Labute approximate surface area is 139 Å². The van der Waals surface area contributed by atoms with Crippen LogP contribution >= 0.6 is 0 Å². The number of methoxy groups -OCH3 is 1. The van der Waals surface area contributed by atoms with Crippen LogP contribution in [0.1, 0.15) is 5.56 Å². The number of hydrogen-bond acceptors (Lipinski definition) is 2. The Kier molecular flexibility index (Phi) is 3.54. The molecule has 0 aliphatic carbocycles. The lowest BCUT2D eigenvalue weighted by molar-refractivity contribution is 0.414. The fraction of sp³-hybridized carbons (Fsp3) is 0.0952. The Hall–Kier alpha value is -3.07. The molecule has 0 saturated carbocycles. The van der Waals surface area contributed by atoms with Gasteiger partial charge in [-0.25, -0.2) is 0 Å². The molecule has 0 unspecified atom stereocenters. The molecular weight excluding hydrogens is 298 g/mol. The molecule has 3 aromatic carbocycles. The smallest absolute Gasteiger partial charge is 0.197 e. The molecule has 0 saturated heterocycles. The topological polar surface area (TPSA) is 31.2 Å². The van der Waals surface area contributed by atoms with E-state index in [1.807, 2.05) is 66.7 Å². The molecule has 0 spiro atoms. The maximum absolute atomic E-state index is 12.8. The largest absolute Gasteiger partial charge is 0.497 e. The molecular formula is C21H17NO2. The SMILES string of the molecule is COc1cccc(Cn2c3ccccc3c(=O)c3ccccc32)c1. The van der Waals surface area contributed by atoms with E-state index in [0.29, 0.717) is 6.54 Å². The number of nitrogens with zero attached hydrogens (tertiary/aromatic N) is 1. The molecule has 3 nitrogen and oxygen atoms in total. The third kappa shape index (κ3) is 2.35. The van der Waals surface area contributed by atoms with Crippen LogP contribution in [-0.2, 0) is 6.54 Å². The maximum Gasteiger partial charge on any atom is 0.197 e. The Morgan fingerprint density at radius 2 is 1.46 bits per heavy atom. The molecule has 0 atom stereocenters. The van der Waals surface area contributed by atoms with E-state index in [9.17, 15) is 4.79 Å². The number of fused-ring (bicyclic) bond motifs is 2.